The normalized spacial score (nSPS) is 21.2. The summed E-state index contributed by atoms with van der Waals surface area (Å²) in [6.07, 6.45) is 0. The zero-order valence-corrected chi connectivity index (χ0v) is 24.0. The Labute approximate surface area is 213 Å². The molecule has 0 aliphatic carbocycles. The Bertz CT molecular complexity index is 1250. The first-order chi connectivity index (χ1) is 15.7. The third-order valence-corrected chi connectivity index (χ3v) is 20.5. The number of nitrogens with zero attached hydrogens (tertiary/aromatic N) is 4. The molecule has 3 aromatic carbocycles. The van der Waals surface area contributed by atoms with Crippen molar-refractivity contribution in [2.75, 3.05) is 6.61 Å². The van der Waals surface area contributed by atoms with E-state index < -0.39 is 26.5 Å². The standard InChI is InChI=1S/C20H20Cl4N4OP4/c1-2-29-33(27-31(21,22)26-32(23,24)28-33)25-30(18-12-6-3-7-13-18,19-14-8-4-9-15-19)20-16-10-5-11-17-20/h3-17H,2H2,1H3. The van der Waals surface area contributed by atoms with E-state index in [2.05, 4.69) is 49.9 Å². The van der Waals surface area contributed by atoms with Gasteiger partial charge in [-0.15, -0.1) is 0 Å². The lowest BCUT2D eigenvalue weighted by Crippen LogP contribution is -2.25. The van der Waals surface area contributed by atoms with Crippen LogP contribution in [0.5, 0.6) is 0 Å². The molecule has 0 saturated heterocycles. The van der Waals surface area contributed by atoms with E-state index in [1.54, 1.807) is 0 Å². The molecule has 5 nitrogen and oxygen atoms in total. The number of hydrogen-bond donors (Lipinski definition) is 0. The highest BCUT2D eigenvalue weighted by molar-refractivity contribution is 8.21. The molecule has 174 valence electrons. The minimum absolute atomic E-state index is 0.282. The van der Waals surface area contributed by atoms with E-state index in [9.17, 15) is 0 Å². The summed E-state index contributed by atoms with van der Waals surface area (Å²) in [5.41, 5.74) is 0. The molecule has 3 aromatic rings. The van der Waals surface area contributed by atoms with Crippen LogP contribution in [0, 0.1) is 0 Å². The van der Waals surface area contributed by atoms with E-state index in [1.807, 2.05) is 61.5 Å². The lowest BCUT2D eigenvalue weighted by atomic mass is 10.4. The topological polar surface area (TPSA) is 58.7 Å². The smallest absolute Gasteiger partial charge is 0.311 e. The van der Waals surface area contributed by atoms with Gasteiger partial charge in [-0.1, -0.05) is 91.0 Å². The van der Waals surface area contributed by atoms with Crippen molar-refractivity contribution in [1.82, 2.24) is 0 Å². The Morgan fingerprint density at radius 1 is 0.667 bits per heavy atom. The predicted octanol–water partition coefficient (Wildman–Crippen LogP) is 10.0. The van der Waals surface area contributed by atoms with Crippen molar-refractivity contribution in [1.29, 1.82) is 0 Å². The minimum atomic E-state index is -3.35. The molecule has 1 unspecified atom stereocenters. The minimum Gasteiger partial charge on any atom is -0.311 e. The molecule has 0 N–H and O–H groups in total. The van der Waals surface area contributed by atoms with Crippen LogP contribution in [0.15, 0.2) is 109 Å². The van der Waals surface area contributed by atoms with E-state index in [0.29, 0.717) is 0 Å². The maximum absolute atomic E-state index is 6.49. The fourth-order valence-electron chi connectivity index (χ4n) is 3.46. The van der Waals surface area contributed by atoms with Crippen LogP contribution < -0.4 is 15.9 Å². The van der Waals surface area contributed by atoms with Crippen molar-refractivity contribution in [2.45, 2.75) is 6.92 Å². The van der Waals surface area contributed by atoms with E-state index in [1.165, 1.54) is 0 Å². The molecule has 0 bridgehead atoms. The van der Waals surface area contributed by atoms with Crippen LogP contribution in [-0.2, 0) is 4.52 Å². The maximum atomic E-state index is 6.49. The van der Waals surface area contributed by atoms with E-state index in [0.717, 1.165) is 15.9 Å². The molecule has 1 atom stereocenters. The van der Waals surface area contributed by atoms with Crippen LogP contribution >= 0.6 is 71.4 Å². The van der Waals surface area contributed by atoms with Gasteiger partial charge >= 0.3 is 7.58 Å². The third kappa shape index (κ3) is 5.76. The second-order valence-electron chi connectivity index (χ2n) is 6.84. The van der Waals surface area contributed by atoms with Crippen LogP contribution in [0.2, 0.25) is 0 Å². The van der Waals surface area contributed by atoms with Crippen molar-refractivity contribution < 1.29 is 4.52 Å². The summed E-state index contributed by atoms with van der Waals surface area (Å²) < 4.78 is 24.9. The molecule has 1 aliphatic heterocycles. The number of rotatable bonds is 6. The Kier molecular flexibility index (Phi) is 8.09. The van der Waals surface area contributed by atoms with Crippen LogP contribution in [0.3, 0.4) is 0 Å². The SMILES string of the molecule is CCOP1(N=P(c2ccccc2)(c2ccccc2)c2ccccc2)=NP(Cl)(Cl)=NP(Cl)(Cl)=N1. The molecule has 1 aliphatic rings. The second kappa shape index (κ2) is 10.4. The molecule has 0 saturated carbocycles. The van der Waals surface area contributed by atoms with E-state index >= 15 is 0 Å². The first kappa shape index (κ1) is 25.8. The number of benzene rings is 3. The molecule has 33 heavy (non-hydrogen) atoms. The molecule has 0 amide bonds. The van der Waals surface area contributed by atoms with Gasteiger partial charge in [-0.25, -0.2) is 4.52 Å². The monoisotopic (exact) mass is 596 g/mol. The Hall–Kier alpha value is -0.300. The van der Waals surface area contributed by atoms with Gasteiger partial charge in [-0.3, -0.25) is 0 Å². The first-order valence-corrected chi connectivity index (χ1v) is 20.2. The summed E-state index contributed by atoms with van der Waals surface area (Å²) in [7, 11) is -6.06. The molecule has 0 spiro atoms. The summed E-state index contributed by atoms with van der Waals surface area (Å²) in [6, 6.07) is 30.2. The number of halogens is 4. The zero-order valence-electron chi connectivity index (χ0n) is 17.4. The molecule has 0 radical (unpaired) electrons. The van der Waals surface area contributed by atoms with Crippen molar-refractivity contribution in [2.24, 2.45) is 18.1 Å². The molecule has 1 heterocycles. The van der Waals surface area contributed by atoms with Crippen molar-refractivity contribution in [3.63, 3.8) is 0 Å². The Morgan fingerprint density at radius 3 is 1.42 bits per heavy atom. The number of hydrogen-bond acceptors (Lipinski definition) is 5. The highest BCUT2D eigenvalue weighted by Crippen LogP contribution is 2.87. The fourth-order valence-corrected chi connectivity index (χ4v) is 23.3. The van der Waals surface area contributed by atoms with Crippen LogP contribution in [0.25, 0.3) is 0 Å². The van der Waals surface area contributed by atoms with Gasteiger partial charge in [-0.2, -0.15) is 13.5 Å². The summed E-state index contributed by atoms with van der Waals surface area (Å²) in [4.78, 5) is 0. The summed E-state index contributed by atoms with van der Waals surface area (Å²) in [5.74, 6) is -6.47. The van der Waals surface area contributed by atoms with Gasteiger partial charge in [0.1, 0.15) is 0 Å². The maximum Gasteiger partial charge on any atom is 0.326 e. The van der Waals surface area contributed by atoms with Gasteiger partial charge in [0.15, 0.2) is 0 Å². The molecular formula is C20H20Cl4N4OP4. The second-order valence-corrected chi connectivity index (χ2v) is 22.3. The van der Waals surface area contributed by atoms with Crippen molar-refractivity contribution in [3.05, 3.63) is 91.0 Å². The molecular weight excluding hydrogens is 578 g/mol. The molecule has 13 heteroatoms. The van der Waals surface area contributed by atoms with Crippen LogP contribution in [0.1, 0.15) is 6.92 Å². The molecule has 0 fully saturated rings. The summed E-state index contributed by atoms with van der Waals surface area (Å²) >= 11 is 25.9. The zero-order chi connectivity index (χ0) is 23.6. The lowest BCUT2D eigenvalue weighted by molar-refractivity contribution is 0.373. The fraction of sp³-hybridized carbons (Fsp3) is 0.100. The molecule has 0 aromatic heterocycles. The highest BCUT2D eigenvalue weighted by Gasteiger charge is 2.38. The Morgan fingerprint density at radius 2 is 1.06 bits per heavy atom. The lowest BCUT2D eigenvalue weighted by Gasteiger charge is -2.31. The van der Waals surface area contributed by atoms with Gasteiger partial charge < -0.3 is 4.52 Å². The van der Waals surface area contributed by atoms with Crippen molar-refractivity contribution >= 4 is 87.3 Å². The van der Waals surface area contributed by atoms with Gasteiger partial charge in [-0.05, 0) is 51.9 Å². The third-order valence-electron chi connectivity index (χ3n) is 4.61. The van der Waals surface area contributed by atoms with Gasteiger partial charge in [0.05, 0.1) is 13.7 Å². The van der Waals surface area contributed by atoms with Gasteiger partial charge in [0, 0.05) is 15.9 Å². The van der Waals surface area contributed by atoms with Gasteiger partial charge in [0.2, 0.25) is 0 Å². The average molecular weight is 598 g/mol. The largest absolute Gasteiger partial charge is 0.326 e. The average Bonchev–Trinajstić information content (AvgIpc) is 2.77. The van der Waals surface area contributed by atoms with E-state index in [4.69, 9.17) is 54.0 Å². The summed E-state index contributed by atoms with van der Waals surface area (Å²) in [6.45, 7) is 2.12. The molecule has 4 rings (SSSR count). The quantitative estimate of drug-likeness (QED) is 0.261. The summed E-state index contributed by atoms with van der Waals surface area (Å²) in [5, 5.41) is 3.03. The van der Waals surface area contributed by atoms with Gasteiger partial charge in [0.25, 0.3) is 11.8 Å². The predicted molar refractivity (Wildman–Crippen MR) is 151 cm³/mol. The van der Waals surface area contributed by atoms with E-state index in [-0.39, 0.29) is 6.61 Å². The van der Waals surface area contributed by atoms with Crippen LogP contribution in [-0.4, -0.2) is 6.61 Å². The first-order valence-electron chi connectivity index (χ1n) is 9.86. The Balaban J connectivity index is 2.24. The highest BCUT2D eigenvalue weighted by atomic mass is 35.9. The van der Waals surface area contributed by atoms with Crippen LogP contribution in [0.4, 0.5) is 0 Å². The van der Waals surface area contributed by atoms with Crippen molar-refractivity contribution in [3.8, 4) is 0 Å².